The number of carbonyl (C=O) groups is 2. The molecule has 5 nitrogen and oxygen atoms in total. The van der Waals surface area contributed by atoms with E-state index in [1.54, 1.807) is 0 Å². The van der Waals surface area contributed by atoms with Crippen LogP contribution in [0.3, 0.4) is 0 Å². The summed E-state index contributed by atoms with van der Waals surface area (Å²) in [4.78, 5) is 23.1. The van der Waals surface area contributed by atoms with Gasteiger partial charge in [-0.1, -0.05) is 6.07 Å². The Kier molecular flexibility index (Phi) is 3.71. The molecule has 7 heteroatoms. The van der Waals surface area contributed by atoms with Gasteiger partial charge in [0.15, 0.2) is 0 Å². The van der Waals surface area contributed by atoms with Crippen molar-refractivity contribution in [1.82, 2.24) is 5.32 Å². The predicted molar refractivity (Wildman–Crippen MR) is 64.2 cm³/mol. The highest BCUT2D eigenvalue weighted by molar-refractivity contribution is 5.95. The van der Waals surface area contributed by atoms with E-state index < -0.39 is 40.5 Å². The number of benzene rings is 1. The highest BCUT2D eigenvalue weighted by Crippen LogP contribution is 2.29. The molecule has 0 radical (unpaired) electrons. The molecule has 0 aromatic heterocycles. The van der Waals surface area contributed by atoms with Gasteiger partial charge in [-0.25, -0.2) is 8.78 Å². The molecular formula is C13H13F2NO4. The lowest BCUT2D eigenvalue weighted by Gasteiger charge is -2.25. The molecule has 1 aromatic carbocycles. The Morgan fingerprint density at radius 2 is 2.00 bits per heavy atom. The second kappa shape index (κ2) is 5.16. The molecule has 0 spiro atoms. The van der Waals surface area contributed by atoms with E-state index in [0.29, 0.717) is 0 Å². The lowest BCUT2D eigenvalue weighted by Crippen LogP contribution is -2.50. The number of aliphatic carboxylic acids is 1. The van der Waals surface area contributed by atoms with E-state index in [-0.39, 0.29) is 13.2 Å². The van der Waals surface area contributed by atoms with E-state index in [2.05, 4.69) is 5.32 Å². The standard InChI is InChI=1S/C13H13F2NO4/c1-13(12(18)19)6-20-5-9(13)16-11(17)10-7(14)3-2-4-8(10)15/h2-4,9H,5-6H2,1H3,(H,16,17)(H,18,19). The Bertz CT molecular complexity index is 543. The molecule has 1 amide bonds. The first-order valence-corrected chi connectivity index (χ1v) is 5.92. The Balaban J connectivity index is 2.22. The number of nitrogens with one attached hydrogen (secondary N) is 1. The summed E-state index contributed by atoms with van der Waals surface area (Å²) in [6.07, 6.45) is 0. The highest BCUT2D eigenvalue weighted by Gasteiger charge is 2.47. The van der Waals surface area contributed by atoms with E-state index in [9.17, 15) is 18.4 Å². The summed E-state index contributed by atoms with van der Waals surface area (Å²) in [5, 5.41) is 11.5. The number of carbonyl (C=O) groups excluding carboxylic acids is 1. The SMILES string of the molecule is CC1(C(=O)O)COCC1NC(=O)c1c(F)cccc1F. The number of amides is 1. The number of halogens is 2. The van der Waals surface area contributed by atoms with Crippen molar-refractivity contribution in [3.05, 3.63) is 35.4 Å². The minimum atomic E-state index is -1.32. The Morgan fingerprint density at radius 3 is 2.55 bits per heavy atom. The fourth-order valence-electron chi connectivity index (χ4n) is 2.03. The van der Waals surface area contributed by atoms with Crippen molar-refractivity contribution in [3.63, 3.8) is 0 Å². The molecule has 2 N–H and O–H groups in total. The summed E-state index contributed by atoms with van der Waals surface area (Å²) in [5.41, 5.74) is -2.05. The molecule has 1 aromatic rings. The summed E-state index contributed by atoms with van der Waals surface area (Å²) in [6.45, 7) is 1.31. The zero-order valence-corrected chi connectivity index (χ0v) is 10.7. The zero-order chi connectivity index (χ0) is 14.9. The quantitative estimate of drug-likeness (QED) is 0.874. The van der Waals surface area contributed by atoms with Crippen LogP contribution in [0.4, 0.5) is 8.78 Å². The van der Waals surface area contributed by atoms with Crippen molar-refractivity contribution in [3.8, 4) is 0 Å². The molecule has 2 rings (SSSR count). The third-order valence-electron chi connectivity index (χ3n) is 3.44. The van der Waals surface area contributed by atoms with Crippen molar-refractivity contribution in [2.24, 2.45) is 5.41 Å². The fourth-order valence-corrected chi connectivity index (χ4v) is 2.03. The van der Waals surface area contributed by atoms with Crippen LogP contribution in [0.15, 0.2) is 18.2 Å². The largest absolute Gasteiger partial charge is 0.481 e. The summed E-state index contributed by atoms with van der Waals surface area (Å²) in [5.74, 6) is -4.14. The third-order valence-corrected chi connectivity index (χ3v) is 3.44. The number of hydrogen-bond acceptors (Lipinski definition) is 3. The molecule has 1 fully saturated rings. The van der Waals surface area contributed by atoms with Gasteiger partial charge in [0.1, 0.15) is 22.6 Å². The van der Waals surface area contributed by atoms with Crippen LogP contribution in [0.2, 0.25) is 0 Å². The Morgan fingerprint density at radius 1 is 1.40 bits per heavy atom. The van der Waals surface area contributed by atoms with Gasteiger partial charge in [0.05, 0.1) is 19.3 Å². The molecule has 20 heavy (non-hydrogen) atoms. The van der Waals surface area contributed by atoms with Crippen molar-refractivity contribution in [1.29, 1.82) is 0 Å². The summed E-state index contributed by atoms with van der Waals surface area (Å²) in [7, 11) is 0. The molecule has 2 unspecified atom stereocenters. The van der Waals surface area contributed by atoms with Gasteiger partial charge in [0.2, 0.25) is 0 Å². The maximum Gasteiger partial charge on any atom is 0.313 e. The van der Waals surface area contributed by atoms with Crippen LogP contribution in [-0.4, -0.2) is 36.2 Å². The van der Waals surface area contributed by atoms with Crippen LogP contribution in [0.5, 0.6) is 0 Å². The molecule has 1 aliphatic rings. The first-order chi connectivity index (χ1) is 9.36. The second-order valence-electron chi connectivity index (χ2n) is 4.86. The van der Waals surface area contributed by atoms with Gasteiger partial charge in [-0.3, -0.25) is 9.59 Å². The Hall–Kier alpha value is -2.02. The molecule has 2 atom stereocenters. The molecule has 108 valence electrons. The minimum absolute atomic E-state index is 0.0232. The van der Waals surface area contributed by atoms with Crippen LogP contribution in [0.1, 0.15) is 17.3 Å². The van der Waals surface area contributed by atoms with E-state index in [4.69, 9.17) is 9.84 Å². The number of carboxylic acids is 1. The first kappa shape index (κ1) is 14.4. The van der Waals surface area contributed by atoms with Crippen molar-refractivity contribution >= 4 is 11.9 Å². The molecular weight excluding hydrogens is 272 g/mol. The molecule has 0 bridgehead atoms. The highest BCUT2D eigenvalue weighted by atomic mass is 19.1. The number of hydrogen-bond donors (Lipinski definition) is 2. The van der Waals surface area contributed by atoms with Gasteiger partial charge in [-0.2, -0.15) is 0 Å². The van der Waals surface area contributed by atoms with Gasteiger partial charge >= 0.3 is 5.97 Å². The minimum Gasteiger partial charge on any atom is -0.481 e. The van der Waals surface area contributed by atoms with Gasteiger partial charge in [-0.05, 0) is 19.1 Å². The molecule has 1 saturated heterocycles. The number of ether oxygens (including phenoxy) is 1. The lowest BCUT2D eigenvalue weighted by atomic mass is 9.85. The van der Waals surface area contributed by atoms with Crippen LogP contribution >= 0.6 is 0 Å². The van der Waals surface area contributed by atoms with E-state index in [1.165, 1.54) is 6.92 Å². The van der Waals surface area contributed by atoms with Gasteiger partial charge < -0.3 is 15.2 Å². The van der Waals surface area contributed by atoms with Gasteiger partial charge in [0, 0.05) is 0 Å². The lowest BCUT2D eigenvalue weighted by molar-refractivity contribution is -0.148. The monoisotopic (exact) mass is 285 g/mol. The second-order valence-corrected chi connectivity index (χ2v) is 4.86. The first-order valence-electron chi connectivity index (χ1n) is 5.92. The topological polar surface area (TPSA) is 75.6 Å². The molecule has 1 heterocycles. The zero-order valence-electron chi connectivity index (χ0n) is 10.7. The van der Waals surface area contributed by atoms with Crippen LogP contribution < -0.4 is 5.32 Å². The maximum absolute atomic E-state index is 13.5. The van der Waals surface area contributed by atoms with Crippen LogP contribution in [0, 0.1) is 17.0 Å². The number of carboxylic acid groups (broad SMARTS) is 1. The summed E-state index contributed by atoms with van der Waals surface area (Å²) >= 11 is 0. The predicted octanol–water partition coefficient (Wildman–Crippen LogP) is 1.18. The Labute approximate surface area is 113 Å². The van der Waals surface area contributed by atoms with E-state index in [0.717, 1.165) is 18.2 Å². The maximum atomic E-state index is 13.5. The van der Waals surface area contributed by atoms with Crippen LogP contribution in [-0.2, 0) is 9.53 Å². The molecule has 0 aliphatic carbocycles. The summed E-state index contributed by atoms with van der Waals surface area (Å²) < 4.78 is 32.0. The van der Waals surface area contributed by atoms with Crippen LogP contribution in [0.25, 0.3) is 0 Å². The van der Waals surface area contributed by atoms with Gasteiger partial charge in [0.25, 0.3) is 5.91 Å². The van der Waals surface area contributed by atoms with Gasteiger partial charge in [-0.15, -0.1) is 0 Å². The average molecular weight is 285 g/mol. The molecule has 0 saturated carbocycles. The third kappa shape index (κ3) is 2.36. The summed E-state index contributed by atoms with van der Waals surface area (Å²) in [6, 6.07) is 2.20. The van der Waals surface area contributed by atoms with Crippen molar-refractivity contribution in [2.45, 2.75) is 13.0 Å². The number of rotatable bonds is 3. The van der Waals surface area contributed by atoms with E-state index in [1.807, 2.05) is 0 Å². The normalized spacial score (nSPS) is 25.4. The van der Waals surface area contributed by atoms with Crippen molar-refractivity contribution < 1.29 is 28.2 Å². The molecule has 1 aliphatic heterocycles. The fraction of sp³-hybridized carbons (Fsp3) is 0.385. The smallest absolute Gasteiger partial charge is 0.313 e. The van der Waals surface area contributed by atoms with Crippen molar-refractivity contribution in [2.75, 3.05) is 13.2 Å². The van der Waals surface area contributed by atoms with E-state index >= 15 is 0 Å². The average Bonchev–Trinajstić information content (AvgIpc) is 2.72.